The number of ether oxygens (including phenoxy) is 1. The molecule has 0 bridgehead atoms. The highest BCUT2D eigenvalue weighted by molar-refractivity contribution is 8.01. The molecule has 0 radical (unpaired) electrons. The summed E-state index contributed by atoms with van der Waals surface area (Å²) in [5.74, 6) is 1.36. The van der Waals surface area contributed by atoms with Crippen LogP contribution < -0.4 is 20.3 Å². The number of anilines is 2. The fourth-order valence-corrected chi connectivity index (χ4v) is 7.02. The Morgan fingerprint density at radius 2 is 1.71 bits per heavy atom. The number of amides is 3. The summed E-state index contributed by atoms with van der Waals surface area (Å²) in [6.07, 6.45) is 2.61. The summed E-state index contributed by atoms with van der Waals surface area (Å²) in [6, 6.07) is 28.6. The van der Waals surface area contributed by atoms with Crippen molar-refractivity contribution in [3.63, 3.8) is 0 Å². The van der Waals surface area contributed by atoms with E-state index in [0.717, 1.165) is 48.1 Å². The van der Waals surface area contributed by atoms with E-state index >= 15 is 0 Å². The lowest BCUT2D eigenvalue weighted by Crippen LogP contribution is -2.50. The number of para-hydroxylation sites is 1. The third kappa shape index (κ3) is 5.14. The molecule has 206 valence electrons. The second kappa shape index (κ2) is 10.9. The maximum absolute atomic E-state index is 13.5. The maximum Gasteiger partial charge on any atom is 0.327 e. The van der Waals surface area contributed by atoms with Crippen LogP contribution in [-0.4, -0.2) is 46.2 Å². The van der Waals surface area contributed by atoms with Gasteiger partial charge in [-0.3, -0.25) is 14.6 Å². The van der Waals surface area contributed by atoms with Gasteiger partial charge in [-0.2, -0.15) is 0 Å². The molecule has 3 aromatic carbocycles. The first-order valence-electron chi connectivity index (χ1n) is 13.8. The number of carbonyl (C=O) groups is 2. The largest absolute Gasteiger partial charge is 0.457 e. The van der Waals surface area contributed by atoms with Gasteiger partial charge in [-0.05, 0) is 54.4 Å². The molecule has 3 aliphatic rings. The first kappa shape index (κ1) is 25.6. The zero-order valence-corrected chi connectivity index (χ0v) is 23.1. The minimum atomic E-state index is -0.477. The second-order valence-electron chi connectivity index (χ2n) is 10.5. The third-order valence-corrected chi connectivity index (χ3v) is 8.99. The normalized spacial score (nSPS) is 21.3. The van der Waals surface area contributed by atoms with Crippen molar-refractivity contribution in [3.8, 4) is 11.5 Å². The predicted octanol–water partition coefficient (Wildman–Crippen LogP) is 5.64. The Kier molecular flexibility index (Phi) is 6.82. The maximum atomic E-state index is 13.5. The summed E-state index contributed by atoms with van der Waals surface area (Å²) in [4.78, 5) is 35.6. The molecule has 0 aliphatic carbocycles. The lowest BCUT2D eigenvalue weighted by atomic mass is 9.99. The van der Waals surface area contributed by atoms with E-state index in [1.165, 1.54) is 17.3 Å². The van der Waals surface area contributed by atoms with Crippen LogP contribution in [0.15, 0.2) is 102 Å². The molecule has 0 saturated carbocycles. The SMILES string of the molecule is O=C(NC1CCN(Cc2ccccc2)C1)[C@@H]1Sc2nccc3c2C1NC(=O)N3c1ccc(Oc2ccccc2)cc1. The van der Waals surface area contributed by atoms with Crippen molar-refractivity contribution < 1.29 is 14.3 Å². The number of nitrogens with one attached hydrogen (secondary N) is 2. The van der Waals surface area contributed by atoms with E-state index in [4.69, 9.17) is 4.74 Å². The van der Waals surface area contributed by atoms with E-state index in [0.29, 0.717) is 11.4 Å². The van der Waals surface area contributed by atoms with Crippen LogP contribution in [0.25, 0.3) is 0 Å². The van der Waals surface area contributed by atoms with Crippen LogP contribution in [0.2, 0.25) is 0 Å². The Morgan fingerprint density at radius 1 is 0.976 bits per heavy atom. The Morgan fingerprint density at radius 3 is 2.49 bits per heavy atom. The summed E-state index contributed by atoms with van der Waals surface area (Å²) >= 11 is 1.42. The van der Waals surface area contributed by atoms with Gasteiger partial charge in [0.15, 0.2) is 0 Å². The van der Waals surface area contributed by atoms with Gasteiger partial charge in [0, 0.05) is 37.4 Å². The highest BCUT2D eigenvalue weighted by Crippen LogP contribution is 2.50. The minimum absolute atomic E-state index is 0.0633. The van der Waals surface area contributed by atoms with Crippen LogP contribution in [0.3, 0.4) is 0 Å². The van der Waals surface area contributed by atoms with E-state index in [-0.39, 0.29) is 18.0 Å². The summed E-state index contributed by atoms with van der Waals surface area (Å²) in [7, 11) is 0. The average molecular weight is 564 g/mol. The first-order chi connectivity index (χ1) is 20.1. The van der Waals surface area contributed by atoms with Gasteiger partial charge in [-0.1, -0.05) is 60.3 Å². The number of nitrogens with zero attached hydrogens (tertiary/aromatic N) is 3. The van der Waals surface area contributed by atoms with E-state index in [1.807, 2.05) is 66.7 Å². The molecule has 0 spiro atoms. The van der Waals surface area contributed by atoms with Crippen molar-refractivity contribution in [1.82, 2.24) is 20.5 Å². The summed E-state index contributed by atoms with van der Waals surface area (Å²) in [5, 5.41) is 6.65. The Labute approximate surface area is 242 Å². The number of rotatable bonds is 7. The smallest absolute Gasteiger partial charge is 0.327 e. The molecular weight excluding hydrogens is 534 g/mol. The molecule has 9 heteroatoms. The van der Waals surface area contributed by atoms with Crippen molar-refractivity contribution in [3.05, 3.63) is 108 Å². The van der Waals surface area contributed by atoms with Gasteiger partial charge in [0.25, 0.3) is 0 Å². The molecule has 1 saturated heterocycles. The van der Waals surface area contributed by atoms with Crippen molar-refractivity contribution in [1.29, 1.82) is 0 Å². The Bertz CT molecular complexity index is 1570. The number of hydrogen-bond acceptors (Lipinski definition) is 6. The minimum Gasteiger partial charge on any atom is -0.457 e. The van der Waals surface area contributed by atoms with Gasteiger partial charge < -0.3 is 15.4 Å². The van der Waals surface area contributed by atoms with Crippen molar-refractivity contribution in [2.75, 3.05) is 18.0 Å². The van der Waals surface area contributed by atoms with Crippen LogP contribution in [0.5, 0.6) is 11.5 Å². The molecule has 3 aliphatic heterocycles. The number of hydrogen-bond donors (Lipinski definition) is 2. The van der Waals surface area contributed by atoms with E-state index in [2.05, 4.69) is 44.8 Å². The topological polar surface area (TPSA) is 86.8 Å². The fraction of sp³-hybridized carbons (Fsp3) is 0.219. The van der Waals surface area contributed by atoms with Gasteiger partial charge in [0.1, 0.15) is 21.8 Å². The fourth-order valence-electron chi connectivity index (χ4n) is 5.79. The van der Waals surface area contributed by atoms with E-state index in [1.54, 1.807) is 11.1 Å². The molecule has 3 atom stereocenters. The molecule has 1 aromatic heterocycles. The number of carbonyl (C=O) groups excluding carboxylic acids is 2. The van der Waals surface area contributed by atoms with E-state index in [9.17, 15) is 9.59 Å². The van der Waals surface area contributed by atoms with Gasteiger partial charge in [-0.25, -0.2) is 9.78 Å². The molecule has 8 nitrogen and oxygen atoms in total. The van der Waals surface area contributed by atoms with Crippen molar-refractivity contribution in [2.24, 2.45) is 0 Å². The highest BCUT2D eigenvalue weighted by atomic mass is 32.2. The van der Waals surface area contributed by atoms with Gasteiger partial charge in [0.05, 0.1) is 17.4 Å². The van der Waals surface area contributed by atoms with Crippen molar-refractivity contribution in [2.45, 2.75) is 35.3 Å². The lowest BCUT2D eigenvalue weighted by molar-refractivity contribution is -0.121. The summed E-state index contributed by atoms with van der Waals surface area (Å²) < 4.78 is 5.91. The number of likely N-dealkylation sites (tertiary alicyclic amines) is 1. The Balaban J connectivity index is 1.05. The third-order valence-electron chi connectivity index (χ3n) is 7.71. The average Bonchev–Trinajstić information content (AvgIpc) is 3.59. The van der Waals surface area contributed by atoms with Gasteiger partial charge >= 0.3 is 6.03 Å². The number of benzene rings is 3. The standard InChI is InChI=1S/C32H29N5O3S/c38-30(34-22-16-18-36(20-22)19-21-7-3-1-4-8-21)29-28-27-26(15-17-33-31(27)41-29)37(32(39)35-28)23-11-13-25(14-12-23)40-24-9-5-2-6-10-24/h1-15,17,22,28-29H,16,18-20H2,(H,34,38)(H,35,39)/t22?,28?,29-/m1/s1. The second-order valence-corrected chi connectivity index (χ2v) is 11.6. The van der Waals surface area contributed by atoms with E-state index < -0.39 is 11.3 Å². The number of pyridine rings is 1. The van der Waals surface area contributed by atoms with Gasteiger partial charge in [0.2, 0.25) is 5.91 Å². The van der Waals surface area contributed by atoms with Crippen LogP contribution in [0, 0.1) is 0 Å². The monoisotopic (exact) mass is 563 g/mol. The van der Waals surface area contributed by atoms with Crippen LogP contribution in [0.1, 0.15) is 23.6 Å². The molecule has 4 heterocycles. The molecule has 4 aromatic rings. The molecule has 1 fully saturated rings. The van der Waals surface area contributed by atoms with Crippen LogP contribution >= 0.6 is 11.8 Å². The molecule has 3 amide bonds. The molecule has 2 N–H and O–H groups in total. The Hall–Kier alpha value is -4.34. The number of urea groups is 1. The number of aromatic nitrogens is 1. The van der Waals surface area contributed by atoms with Crippen LogP contribution in [0.4, 0.5) is 16.2 Å². The zero-order chi connectivity index (χ0) is 27.8. The van der Waals surface area contributed by atoms with Crippen molar-refractivity contribution >= 4 is 35.1 Å². The lowest BCUT2D eigenvalue weighted by Gasteiger charge is -2.34. The summed E-state index contributed by atoms with van der Waals surface area (Å²) in [5.41, 5.74) is 3.61. The first-order valence-corrected chi connectivity index (χ1v) is 14.7. The summed E-state index contributed by atoms with van der Waals surface area (Å²) in [6.45, 7) is 2.62. The molecule has 7 rings (SSSR count). The van der Waals surface area contributed by atoms with Crippen LogP contribution in [-0.2, 0) is 11.3 Å². The zero-order valence-electron chi connectivity index (χ0n) is 22.3. The molecule has 41 heavy (non-hydrogen) atoms. The van der Waals surface area contributed by atoms with Gasteiger partial charge in [-0.15, -0.1) is 0 Å². The predicted molar refractivity (Wildman–Crippen MR) is 159 cm³/mol. The molecule has 2 unspecified atom stereocenters. The number of thioether (sulfide) groups is 1. The molecular formula is C32H29N5O3S. The highest BCUT2D eigenvalue weighted by Gasteiger charge is 2.47. The quantitative estimate of drug-likeness (QED) is 0.303.